The van der Waals surface area contributed by atoms with E-state index in [1.807, 2.05) is 0 Å². The molecule has 3 aliphatic rings. The van der Waals surface area contributed by atoms with Gasteiger partial charge in [0.05, 0.1) is 23.9 Å². The van der Waals surface area contributed by atoms with Crippen LogP contribution in [0.3, 0.4) is 0 Å². The van der Waals surface area contributed by atoms with Crippen LogP contribution < -0.4 is 0 Å². The molecule has 1 saturated heterocycles. The molecule has 3 heterocycles. The maximum Gasteiger partial charge on any atom is 0.230 e. The summed E-state index contributed by atoms with van der Waals surface area (Å²) in [6, 6.07) is 0. The molecule has 4 heteroatoms. The minimum Gasteiger partial charge on any atom is -0.304 e. The highest BCUT2D eigenvalue weighted by Gasteiger charge is 2.72. The normalized spacial score (nSPS) is 28.1. The first-order valence-corrected chi connectivity index (χ1v) is 14.7. The lowest BCUT2D eigenvalue weighted by Gasteiger charge is -2.72. The van der Waals surface area contributed by atoms with Gasteiger partial charge in [0, 0.05) is 22.2 Å². The Morgan fingerprint density at radius 2 is 0.684 bits per heavy atom. The molecule has 38 heavy (non-hydrogen) atoms. The van der Waals surface area contributed by atoms with Gasteiger partial charge >= 0.3 is 0 Å². The zero-order chi connectivity index (χ0) is 30.0. The van der Waals surface area contributed by atoms with Crippen LogP contribution in [-0.2, 0) is 9.59 Å². The van der Waals surface area contributed by atoms with Crippen molar-refractivity contribution in [2.75, 3.05) is 0 Å². The minimum absolute atomic E-state index is 0.153. The first-order chi connectivity index (χ1) is 16.5. The second-order valence-electron chi connectivity index (χ2n) is 18.5. The van der Waals surface area contributed by atoms with Gasteiger partial charge in [0.15, 0.2) is 0 Å². The number of allylic oxidation sites excluding steroid dienone is 2. The Kier molecular flexibility index (Phi) is 6.52. The van der Waals surface area contributed by atoms with E-state index in [1.54, 1.807) is 0 Å². The SMILES string of the molecule is CC(C)(C)C1=C(C(C)(C)C)C2(C(C)(C)C)CC(=O)N3C(C(C)(C)C)=C(C(C)(C)C)C3(C(C)(C)C)CC(=O)N12. The van der Waals surface area contributed by atoms with Crippen LogP contribution in [0.15, 0.2) is 22.5 Å². The summed E-state index contributed by atoms with van der Waals surface area (Å²) in [4.78, 5) is 34.1. The van der Waals surface area contributed by atoms with Gasteiger partial charge in [-0.05, 0) is 32.8 Å². The van der Waals surface area contributed by atoms with E-state index >= 15 is 0 Å². The second-order valence-corrected chi connectivity index (χ2v) is 18.5. The summed E-state index contributed by atoms with van der Waals surface area (Å²) < 4.78 is 0. The molecule has 0 bridgehead atoms. The van der Waals surface area contributed by atoms with Crippen LogP contribution in [0.5, 0.6) is 0 Å². The number of rotatable bonds is 0. The zero-order valence-corrected chi connectivity index (χ0v) is 28.1. The second kappa shape index (κ2) is 8.00. The summed E-state index contributed by atoms with van der Waals surface area (Å²) in [5, 5.41) is 0. The van der Waals surface area contributed by atoms with Crippen molar-refractivity contribution in [3.05, 3.63) is 22.5 Å². The van der Waals surface area contributed by atoms with E-state index in [4.69, 9.17) is 0 Å². The summed E-state index contributed by atoms with van der Waals surface area (Å²) in [5.74, 6) is 0.306. The van der Waals surface area contributed by atoms with Gasteiger partial charge in [-0.1, -0.05) is 125 Å². The van der Waals surface area contributed by atoms with E-state index in [9.17, 15) is 9.59 Å². The molecule has 0 saturated carbocycles. The van der Waals surface area contributed by atoms with Gasteiger partial charge in [0.2, 0.25) is 11.8 Å². The van der Waals surface area contributed by atoms with Crippen molar-refractivity contribution in [3.63, 3.8) is 0 Å². The maximum absolute atomic E-state index is 14.9. The third-order valence-electron chi connectivity index (χ3n) is 9.23. The standard InChI is InChI=1S/C34H58N2O2/c1-27(2,3)23-25(29(7,8)9)35-22(38)20-34(32(16,17)18)24(28(4,5)6)26(30(10,11)12)36(34)21(37)19-33(23,35)31(13,14)15/h19-20H2,1-18H3. The van der Waals surface area contributed by atoms with Gasteiger partial charge in [-0.25, -0.2) is 0 Å². The lowest BCUT2D eigenvalue weighted by molar-refractivity contribution is -0.172. The van der Waals surface area contributed by atoms with E-state index in [0.29, 0.717) is 12.8 Å². The fourth-order valence-electron chi connectivity index (χ4n) is 8.04. The molecule has 0 radical (unpaired) electrons. The molecule has 0 spiro atoms. The fourth-order valence-corrected chi connectivity index (χ4v) is 8.04. The lowest BCUT2D eigenvalue weighted by Crippen LogP contribution is -2.78. The minimum atomic E-state index is -0.660. The molecule has 0 aromatic heterocycles. The highest BCUT2D eigenvalue weighted by atomic mass is 16.2. The Morgan fingerprint density at radius 3 is 0.842 bits per heavy atom. The smallest absolute Gasteiger partial charge is 0.230 e. The number of hydrogen-bond acceptors (Lipinski definition) is 2. The summed E-state index contributed by atoms with van der Waals surface area (Å²) >= 11 is 0. The molecule has 0 aromatic carbocycles. The average Bonchev–Trinajstić information content (AvgIpc) is 2.53. The topological polar surface area (TPSA) is 40.6 Å². The van der Waals surface area contributed by atoms with E-state index < -0.39 is 11.1 Å². The molecule has 2 atom stereocenters. The molecule has 2 amide bonds. The van der Waals surface area contributed by atoms with Gasteiger partial charge in [0.1, 0.15) is 0 Å². The molecule has 3 rings (SSSR count). The van der Waals surface area contributed by atoms with Crippen molar-refractivity contribution in [3.8, 4) is 0 Å². The Labute approximate surface area is 234 Å². The zero-order valence-electron chi connectivity index (χ0n) is 28.1. The Balaban J connectivity index is 2.49. The van der Waals surface area contributed by atoms with Crippen LogP contribution in [0.25, 0.3) is 0 Å². The Bertz CT molecular complexity index is 1020. The summed E-state index contributed by atoms with van der Waals surface area (Å²) in [5.41, 5.74) is 2.02. The number of fused-ring (bicyclic) bond motifs is 2. The van der Waals surface area contributed by atoms with E-state index in [0.717, 1.165) is 11.4 Å². The Hall–Kier alpha value is -1.58. The predicted octanol–water partition coefficient (Wildman–Crippen LogP) is 8.73. The summed E-state index contributed by atoms with van der Waals surface area (Å²) in [6.45, 7) is 40.0. The van der Waals surface area contributed by atoms with Crippen LogP contribution in [0.2, 0.25) is 0 Å². The van der Waals surface area contributed by atoms with Crippen LogP contribution in [-0.4, -0.2) is 32.7 Å². The van der Waals surface area contributed by atoms with Gasteiger partial charge in [-0.15, -0.1) is 0 Å². The third kappa shape index (κ3) is 3.97. The molecule has 3 aliphatic heterocycles. The molecular formula is C34H58N2O2. The Morgan fingerprint density at radius 1 is 0.447 bits per heavy atom. The summed E-state index contributed by atoms with van der Waals surface area (Å²) in [7, 11) is 0. The molecule has 0 aliphatic carbocycles. The van der Waals surface area contributed by atoms with E-state index in [2.05, 4.69) is 134 Å². The maximum atomic E-state index is 14.9. The number of carbonyl (C=O) groups excluding carboxylic acids is 2. The molecule has 0 N–H and O–H groups in total. The average molecular weight is 527 g/mol. The van der Waals surface area contributed by atoms with Crippen molar-refractivity contribution in [1.29, 1.82) is 0 Å². The molecule has 1 fully saturated rings. The lowest BCUT2D eigenvalue weighted by atomic mass is 9.49. The van der Waals surface area contributed by atoms with Crippen LogP contribution >= 0.6 is 0 Å². The van der Waals surface area contributed by atoms with Crippen LogP contribution in [0.1, 0.15) is 137 Å². The molecule has 4 nitrogen and oxygen atoms in total. The summed E-state index contributed by atoms with van der Waals surface area (Å²) in [6.07, 6.45) is 0.618. The molecule has 0 aromatic rings. The highest BCUT2D eigenvalue weighted by Crippen LogP contribution is 2.68. The first-order valence-electron chi connectivity index (χ1n) is 14.7. The van der Waals surface area contributed by atoms with Crippen molar-refractivity contribution in [2.24, 2.45) is 32.5 Å². The van der Waals surface area contributed by atoms with E-state index in [1.165, 1.54) is 11.1 Å². The highest BCUT2D eigenvalue weighted by molar-refractivity contribution is 5.94. The monoisotopic (exact) mass is 526 g/mol. The largest absolute Gasteiger partial charge is 0.304 e. The number of carbonyl (C=O) groups is 2. The molecule has 2 unspecified atom stereocenters. The van der Waals surface area contributed by atoms with Gasteiger partial charge in [-0.3, -0.25) is 9.59 Å². The van der Waals surface area contributed by atoms with Gasteiger partial charge < -0.3 is 9.80 Å². The molecule has 216 valence electrons. The first kappa shape index (κ1) is 31.0. The van der Waals surface area contributed by atoms with Gasteiger partial charge in [-0.2, -0.15) is 0 Å². The number of nitrogens with zero attached hydrogens (tertiary/aromatic N) is 2. The van der Waals surface area contributed by atoms with Crippen molar-refractivity contribution < 1.29 is 9.59 Å². The van der Waals surface area contributed by atoms with Gasteiger partial charge in [0.25, 0.3) is 0 Å². The third-order valence-corrected chi connectivity index (χ3v) is 9.23. The van der Waals surface area contributed by atoms with Crippen LogP contribution in [0, 0.1) is 32.5 Å². The van der Waals surface area contributed by atoms with Crippen LogP contribution in [0.4, 0.5) is 0 Å². The fraction of sp³-hybridized carbons (Fsp3) is 0.824. The van der Waals surface area contributed by atoms with Crippen molar-refractivity contribution >= 4 is 11.8 Å². The quantitative estimate of drug-likeness (QED) is 0.317. The number of hydrogen-bond donors (Lipinski definition) is 0. The molecular weight excluding hydrogens is 468 g/mol. The van der Waals surface area contributed by atoms with Crippen molar-refractivity contribution in [1.82, 2.24) is 9.80 Å². The van der Waals surface area contributed by atoms with Crippen molar-refractivity contribution in [2.45, 2.75) is 149 Å². The van der Waals surface area contributed by atoms with E-state index in [-0.39, 0.29) is 44.3 Å². The number of amides is 2. The predicted molar refractivity (Wildman–Crippen MR) is 159 cm³/mol.